The standard InChI is InChI=1S/C15H22N2/c1-5-12(3)11-17(6-2)15-9-13(4)7-8-14(15)10-16/h7-9,12H,5-6,11H2,1-4H3. The van der Waals surface area contributed by atoms with Crippen molar-refractivity contribution in [3.8, 4) is 6.07 Å². The molecule has 0 fully saturated rings. The fourth-order valence-electron chi connectivity index (χ4n) is 1.90. The lowest BCUT2D eigenvalue weighted by Gasteiger charge is -2.27. The Balaban J connectivity index is 3.02. The van der Waals surface area contributed by atoms with Crippen LogP contribution >= 0.6 is 0 Å². The second-order valence-corrected chi connectivity index (χ2v) is 4.68. The highest BCUT2D eigenvalue weighted by Crippen LogP contribution is 2.23. The zero-order chi connectivity index (χ0) is 12.8. The smallest absolute Gasteiger partial charge is 0.101 e. The number of benzene rings is 1. The van der Waals surface area contributed by atoms with Gasteiger partial charge in [-0.2, -0.15) is 5.26 Å². The third-order valence-electron chi connectivity index (χ3n) is 3.23. The van der Waals surface area contributed by atoms with Gasteiger partial charge < -0.3 is 4.90 Å². The van der Waals surface area contributed by atoms with Gasteiger partial charge in [0, 0.05) is 13.1 Å². The van der Waals surface area contributed by atoms with E-state index < -0.39 is 0 Å². The van der Waals surface area contributed by atoms with Crippen molar-refractivity contribution in [1.82, 2.24) is 0 Å². The quantitative estimate of drug-likeness (QED) is 0.770. The fourth-order valence-corrected chi connectivity index (χ4v) is 1.90. The largest absolute Gasteiger partial charge is 0.370 e. The van der Waals surface area contributed by atoms with Crippen LogP contribution in [0.1, 0.15) is 38.3 Å². The third kappa shape index (κ3) is 3.49. The summed E-state index contributed by atoms with van der Waals surface area (Å²) in [5.41, 5.74) is 3.07. The molecule has 0 aliphatic heterocycles. The van der Waals surface area contributed by atoms with Crippen molar-refractivity contribution in [2.45, 2.75) is 34.1 Å². The molecule has 0 bridgehead atoms. The van der Waals surface area contributed by atoms with E-state index in [-0.39, 0.29) is 0 Å². The molecule has 0 aliphatic rings. The van der Waals surface area contributed by atoms with Gasteiger partial charge in [0.15, 0.2) is 0 Å². The maximum atomic E-state index is 9.17. The summed E-state index contributed by atoms with van der Waals surface area (Å²) >= 11 is 0. The van der Waals surface area contributed by atoms with E-state index in [9.17, 15) is 0 Å². The minimum Gasteiger partial charge on any atom is -0.370 e. The highest BCUT2D eigenvalue weighted by molar-refractivity contribution is 5.60. The number of aryl methyl sites for hydroxylation is 1. The first-order valence-electron chi connectivity index (χ1n) is 6.38. The van der Waals surface area contributed by atoms with Crippen molar-refractivity contribution in [3.05, 3.63) is 29.3 Å². The molecule has 0 heterocycles. The average molecular weight is 230 g/mol. The number of hydrogen-bond donors (Lipinski definition) is 0. The van der Waals surface area contributed by atoms with Gasteiger partial charge in [-0.25, -0.2) is 0 Å². The van der Waals surface area contributed by atoms with Crippen molar-refractivity contribution >= 4 is 5.69 Å². The predicted octanol–water partition coefficient (Wildman–Crippen LogP) is 3.74. The summed E-state index contributed by atoms with van der Waals surface area (Å²) in [6.07, 6.45) is 1.17. The monoisotopic (exact) mass is 230 g/mol. The molecule has 0 spiro atoms. The first kappa shape index (κ1) is 13.6. The zero-order valence-corrected chi connectivity index (χ0v) is 11.3. The molecule has 1 rings (SSSR count). The topological polar surface area (TPSA) is 27.0 Å². The van der Waals surface area contributed by atoms with Crippen molar-refractivity contribution in [2.24, 2.45) is 5.92 Å². The highest BCUT2D eigenvalue weighted by Gasteiger charge is 2.12. The summed E-state index contributed by atoms with van der Waals surface area (Å²) in [4.78, 5) is 2.31. The van der Waals surface area contributed by atoms with Crippen molar-refractivity contribution in [3.63, 3.8) is 0 Å². The van der Waals surface area contributed by atoms with Gasteiger partial charge >= 0.3 is 0 Å². The molecule has 0 saturated heterocycles. The Kier molecular flexibility index (Phi) is 5.03. The van der Waals surface area contributed by atoms with Crippen LogP contribution in [-0.4, -0.2) is 13.1 Å². The Morgan fingerprint density at radius 3 is 2.59 bits per heavy atom. The molecule has 2 heteroatoms. The summed E-state index contributed by atoms with van der Waals surface area (Å²) in [5, 5.41) is 9.17. The molecule has 1 aromatic rings. The molecular weight excluding hydrogens is 208 g/mol. The fraction of sp³-hybridized carbons (Fsp3) is 0.533. The first-order chi connectivity index (χ1) is 8.12. The minimum atomic E-state index is 0.655. The summed E-state index contributed by atoms with van der Waals surface area (Å²) in [6.45, 7) is 10.6. The van der Waals surface area contributed by atoms with Gasteiger partial charge in [0.25, 0.3) is 0 Å². The molecule has 0 amide bonds. The highest BCUT2D eigenvalue weighted by atomic mass is 15.1. The van der Waals surface area contributed by atoms with Crippen LogP contribution < -0.4 is 4.90 Å². The first-order valence-corrected chi connectivity index (χ1v) is 6.38. The van der Waals surface area contributed by atoms with E-state index in [1.54, 1.807) is 0 Å². The number of nitrogens with zero attached hydrogens (tertiary/aromatic N) is 2. The van der Waals surface area contributed by atoms with Crippen molar-refractivity contribution in [1.29, 1.82) is 5.26 Å². The van der Waals surface area contributed by atoms with Crippen LogP contribution in [0, 0.1) is 24.2 Å². The third-order valence-corrected chi connectivity index (χ3v) is 3.23. The van der Waals surface area contributed by atoms with E-state index in [2.05, 4.69) is 44.7 Å². The van der Waals surface area contributed by atoms with Gasteiger partial charge in [0.05, 0.1) is 11.3 Å². The molecule has 1 atom stereocenters. The lowest BCUT2D eigenvalue weighted by atomic mass is 10.1. The summed E-state index contributed by atoms with van der Waals surface area (Å²) in [6, 6.07) is 8.32. The van der Waals surface area contributed by atoms with E-state index >= 15 is 0 Å². The number of anilines is 1. The van der Waals surface area contributed by atoms with Crippen LogP contribution in [0.3, 0.4) is 0 Å². The molecule has 17 heavy (non-hydrogen) atoms. The molecule has 0 radical (unpaired) electrons. The minimum absolute atomic E-state index is 0.655. The Labute approximate surface area is 105 Å². The van der Waals surface area contributed by atoms with Crippen molar-refractivity contribution in [2.75, 3.05) is 18.0 Å². The maximum Gasteiger partial charge on any atom is 0.101 e. The predicted molar refractivity (Wildman–Crippen MR) is 73.2 cm³/mol. The number of hydrogen-bond acceptors (Lipinski definition) is 2. The van der Waals surface area contributed by atoms with Crippen LogP contribution in [0.4, 0.5) is 5.69 Å². The van der Waals surface area contributed by atoms with E-state index in [0.29, 0.717) is 5.92 Å². The van der Waals surface area contributed by atoms with Gasteiger partial charge in [-0.05, 0) is 37.5 Å². The molecule has 92 valence electrons. The number of rotatable bonds is 5. The molecule has 1 aromatic carbocycles. The summed E-state index contributed by atoms with van der Waals surface area (Å²) in [5.74, 6) is 0.655. The van der Waals surface area contributed by atoms with Crippen LogP contribution in [0.25, 0.3) is 0 Å². The Hall–Kier alpha value is -1.49. The molecule has 0 aromatic heterocycles. The lowest BCUT2D eigenvalue weighted by molar-refractivity contribution is 0.548. The second kappa shape index (κ2) is 6.30. The van der Waals surface area contributed by atoms with Gasteiger partial charge in [0.2, 0.25) is 0 Å². The van der Waals surface area contributed by atoms with E-state index in [4.69, 9.17) is 5.26 Å². The molecular formula is C15H22N2. The van der Waals surface area contributed by atoms with Crippen LogP contribution in [0.2, 0.25) is 0 Å². The van der Waals surface area contributed by atoms with Crippen LogP contribution in [-0.2, 0) is 0 Å². The normalized spacial score (nSPS) is 11.9. The van der Waals surface area contributed by atoms with E-state index in [0.717, 1.165) is 24.3 Å². The molecule has 1 unspecified atom stereocenters. The SMILES string of the molecule is CCC(C)CN(CC)c1cc(C)ccc1C#N. The second-order valence-electron chi connectivity index (χ2n) is 4.68. The maximum absolute atomic E-state index is 9.17. The van der Waals surface area contributed by atoms with Gasteiger partial charge in [-0.15, -0.1) is 0 Å². The summed E-state index contributed by atoms with van der Waals surface area (Å²) in [7, 11) is 0. The number of nitriles is 1. The molecule has 0 saturated carbocycles. The van der Waals surface area contributed by atoms with Gasteiger partial charge in [-0.3, -0.25) is 0 Å². The van der Waals surface area contributed by atoms with E-state index in [1.807, 2.05) is 12.1 Å². The molecule has 0 N–H and O–H groups in total. The van der Waals surface area contributed by atoms with Crippen LogP contribution in [0.5, 0.6) is 0 Å². The average Bonchev–Trinajstić information content (AvgIpc) is 2.35. The Bertz CT molecular complexity index is 404. The Morgan fingerprint density at radius 2 is 2.06 bits per heavy atom. The van der Waals surface area contributed by atoms with Gasteiger partial charge in [0.1, 0.15) is 6.07 Å². The Morgan fingerprint density at radius 1 is 1.35 bits per heavy atom. The summed E-state index contributed by atoms with van der Waals surface area (Å²) < 4.78 is 0. The lowest BCUT2D eigenvalue weighted by Crippen LogP contribution is -2.28. The van der Waals surface area contributed by atoms with Gasteiger partial charge in [-0.1, -0.05) is 26.3 Å². The molecule has 2 nitrogen and oxygen atoms in total. The zero-order valence-electron chi connectivity index (χ0n) is 11.3. The van der Waals surface area contributed by atoms with Crippen molar-refractivity contribution < 1.29 is 0 Å². The van der Waals surface area contributed by atoms with Crippen LogP contribution in [0.15, 0.2) is 18.2 Å². The van der Waals surface area contributed by atoms with E-state index in [1.165, 1.54) is 12.0 Å². The molecule has 0 aliphatic carbocycles.